The molecule has 1 unspecified atom stereocenters. The van der Waals surface area contributed by atoms with Gasteiger partial charge in [-0.05, 0) is 44.9 Å². The smallest absolute Gasteiger partial charge is 0.165 e. The molecule has 0 heterocycles. The van der Waals surface area contributed by atoms with E-state index in [0.717, 1.165) is 12.5 Å². The quantitative estimate of drug-likeness (QED) is 0.730. The average molecular weight is 300 g/mol. The van der Waals surface area contributed by atoms with Crippen molar-refractivity contribution in [1.82, 2.24) is 4.90 Å². The highest BCUT2D eigenvalue weighted by molar-refractivity contribution is 6.43. The lowest BCUT2D eigenvalue weighted by Crippen LogP contribution is -2.32. The van der Waals surface area contributed by atoms with E-state index in [9.17, 15) is 4.79 Å². The Bertz CT molecular complexity index is 471. The number of nitrogens with zero attached hydrogens (tertiary/aromatic N) is 1. The molecule has 1 aliphatic carbocycles. The van der Waals surface area contributed by atoms with Crippen molar-refractivity contribution in [2.24, 2.45) is 5.92 Å². The van der Waals surface area contributed by atoms with Gasteiger partial charge in [0.15, 0.2) is 5.78 Å². The molecule has 0 saturated heterocycles. The minimum Gasteiger partial charge on any atom is -0.303 e. The van der Waals surface area contributed by atoms with Gasteiger partial charge < -0.3 is 4.90 Å². The molecule has 1 atom stereocenters. The van der Waals surface area contributed by atoms with Crippen LogP contribution in [0.5, 0.6) is 0 Å². The summed E-state index contributed by atoms with van der Waals surface area (Å²) in [5.41, 5.74) is 0.529. The molecule has 19 heavy (non-hydrogen) atoms. The summed E-state index contributed by atoms with van der Waals surface area (Å²) in [5.74, 6) is 0.872. The summed E-state index contributed by atoms with van der Waals surface area (Å²) in [6, 6.07) is 5.75. The van der Waals surface area contributed by atoms with Crippen LogP contribution in [0.4, 0.5) is 0 Å². The zero-order chi connectivity index (χ0) is 14.0. The van der Waals surface area contributed by atoms with E-state index in [4.69, 9.17) is 23.2 Å². The standard InChI is InChI=1S/C15H19Cl2NO/c1-10(11-6-7-11)18(2)9-8-14(19)12-4-3-5-13(16)15(12)17/h3-5,10-11H,6-9H2,1-2H3. The second kappa shape index (κ2) is 6.25. The molecule has 0 amide bonds. The van der Waals surface area contributed by atoms with Crippen LogP contribution in [-0.2, 0) is 0 Å². The van der Waals surface area contributed by atoms with Gasteiger partial charge in [-0.3, -0.25) is 4.79 Å². The number of benzene rings is 1. The first kappa shape index (κ1) is 14.8. The van der Waals surface area contributed by atoms with Crippen LogP contribution in [0.3, 0.4) is 0 Å². The number of halogens is 2. The predicted octanol–water partition coefficient (Wildman–Crippen LogP) is 4.30. The molecule has 1 aromatic rings. The summed E-state index contributed by atoms with van der Waals surface area (Å²) in [7, 11) is 2.08. The Hall–Kier alpha value is -0.570. The summed E-state index contributed by atoms with van der Waals surface area (Å²) < 4.78 is 0. The van der Waals surface area contributed by atoms with Crippen LogP contribution in [-0.4, -0.2) is 30.3 Å². The van der Waals surface area contributed by atoms with E-state index >= 15 is 0 Å². The Morgan fingerprint density at radius 1 is 1.42 bits per heavy atom. The summed E-state index contributed by atoms with van der Waals surface area (Å²) in [6.07, 6.45) is 3.12. The molecular formula is C15H19Cl2NO. The molecule has 0 N–H and O–H groups in total. The number of hydrogen-bond donors (Lipinski definition) is 0. The maximum absolute atomic E-state index is 12.2. The molecule has 4 heteroatoms. The van der Waals surface area contributed by atoms with Crippen LogP contribution in [0.25, 0.3) is 0 Å². The van der Waals surface area contributed by atoms with Crippen LogP contribution in [0.2, 0.25) is 10.0 Å². The highest BCUT2D eigenvalue weighted by atomic mass is 35.5. The van der Waals surface area contributed by atoms with Crippen LogP contribution >= 0.6 is 23.2 Å². The van der Waals surface area contributed by atoms with Gasteiger partial charge in [-0.25, -0.2) is 0 Å². The van der Waals surface area contributed by atoms with Gasteiger partial charge in [-0.1, -0.05) is 29.3 Å². The third-order valence-corrected chi connectivity index (χ3v) is 4.76. The zero-order valence-corrected chi connectivity index (χ0v) is 12.8. The SMILES string of the molecule is CC(C1CC1)N(C)CCC(=O)c1cccc(Cl)c1Cl. The Morgan fingerprint density at radius 3 is 2.74 bits per heavy atom. The van der Waals surface area contributed by atoms with Crippen LogP contribution in [0, 0.1) is 5.92 Å². The normalized spacial score (nSPS) is 16.7. The minimum absolute atomic E-state index is 0.0577. The topological polar surface area (TPSA) is 20.3 Å². The molecule has 104 valence electrons. The molecule has 0 radical (unpaired) electrons. The van der Waals surface area contributed by atoms with Crippen molar-refractivity contribution in [2.45, 2.75) is 32.2 Å². The Kier molecular flexibility index (Phi) is 4.88. The van der Waals surface area contributed by atoms with Crippen molar-refractivity contribution in [3.05, 3.63) is 33.8 Å². The molecule has 2 rings (SSSR count). The van der Waals surface area contributed by atoms with E-state index < -0.39 is 0 Å². The van der Waals surface area contributed by atoms with E-state index in [0.29, 0.717) is 28.1 Å². The summed E-state index contributed by atoms with van der Waals surface area (Å²) in [4.78, 5) is 14.4. The van der Waals surface area contributed by atoms with Gasteiger partial charge >= 0.3 is 0 Å². The minimum atomic E-state index is 0.0577. The first-order chi connectivity index (χ1) is 9.00. The van der Waals surface area contributed by atoms with Gasteiger partial charge in [0.2, 0.25) is 0 Å². The van der Waals surface area contributed by atoms with Gasteiger partial charge in [0.1, 0.15) is 0 Å². The molecule has 0 aliphatic heterocycles. The Morgan fingerprint density at radius 2 is 2.11 bits per heavy atom. The van der Waals surface area contributed by atoms with Crippen molar-refractivity contribution in [3.8, 4) is 0 Å². The van der Waals surface area contributed by atoms with Crippen molar-refractivity contribution in [2.75, 3.05) is 13.6 Å². The highest BCUT2D eigenvalue weighted by Crippen LogP contribution is 2.34. The van der Waals surface area contributed by atoms with Gasteiger partial charge in [0, 0.05) is 24.6 Å². The van der Waals surface area contributed by atoms with Gasteiger partial charge in [-0.2, -0.15) is 0 Å². The van der Waals surface area contributed by atoms with E-state index in [1.165, 1.54) is 12.8 Å². The molecule has 0 spiro atoms. The van der Waals surface area contributed by atoms with Crippen LogP contribution in [0.15, 0.2) is 18.2 Å². The molecule has 1 aromatic carbocycles. The number of carbonyl (C=O) groups excluding carboxylic acids is 1. The van der Waals surface area contributed by atoms with E-state index in [-0.39, 0.29) is 5.78 Å². The fourth-order valence-corrected chi connectivity index (χ4v) is 2.68. The Balaban J connectivity index is 1.92. The number of Topliss-reactive ketones (excluding diaryl/α,β-unsaturated/α-hetero) is 1. The average Bonchev–Trinajstić information content (AvgIpc) is 3.22. The lowest BCUT2D eigenvalue weighted by Gasteiger charge is -2.24. The maximum Gasteiger partial charge on any atom is 0.165 e. The lowest BCUT2D eigenvalue weighted by molar-refractivity contribution is 0.0959. The molecule has 0 aromatic heterocycles. The first-order valence-electron chi connectivity index (χ1n) is 6.68. The molecule has 0 bridgehead atoms. The third kappa shape index (κ3) is 3.71. The molecule has 2 nitrogen and oxygen atoms in total. The van der Waals surface area contributed by atoms with Gasteiger partial charge in [-0.15, -0.1) is 0 Å². The highest BCUT2D eigenvalue weighted by Gasteiger charge is 2.30. The second-order valence-electron chi connectivity index (χ2n) is 5.33. The fraction of sp³-hybridized carbons (Fsp3) is 0.533. The Labute approximate surface area is 124 Å². The summed E-state index contributed by atoms with van der Waals surface area (Å²) in [5, 5.41) is 0.805. The monoisotopic (exact) mass is 299 g/mol. The van der Waals surface area contributed by atoms with Gasteiger partial charge in [0.25, 0.3) is 0 Å². The largest absolute Gasteiger partial charge is 0.303 e. The van der Waals surface area contributed by atoms with Crippen LogP contribution in [0.1, 0.15) is 36.5 Å². The summed E-state index contributed by atoms with van der Waals surface area (Å²) in [6.45, 7) is 2.99. The number of ketones is 1. The molecular weight excluding hydrogens is 281 g/mol. The van der Waals surface area contributed by atoms with E-state index in [1.54, 1.807) is 18.2 Å². The fourth-order valence-electron chi connectivity index (χ4n) is 2.27. The first-order valence-corrected chi connectivity index (χ1v) is 7.43. The second-order valence-corrected chi connectivity index (χ2v) is 6.12. The predicted molar refractivity (Wildman–Crippen MR) is 80.2 cm³/mol. The molecule has 1 fully saturated rings. The summed E-state index contributed by atoms with van der Waals surface area (Å²) >= 11 is 12.0. The maximum atomic E-state index is 12.2. The zero-order valence-electron chi connectivity index (χ0n) is 11.3. The van der Waals surface area contributed by atoms with Crippen molar-refractivity contribution in [3.63, 3.8) is 0 Å². The van der Waals surface area contributed by atoms with Crippen molar-refractivity contribution < 1.29 is 4.79 Å². The third-order valence-electron chi connectivity index (χ3n) is 3.94. The number of hydrogen-bond acceptors (Lipinski definition) is 2. The number of rotatable bonds is 6. The lowest BCUT2D eigenvalue weighted by atomic mass is 10.1. The number of carbonyl (C=O) groups is 1. The molecule has 1 aliphatic rings. The van der Waals surface area contributed by atoms with Crippen molar-refractivity contribution >= 4 is 29.0 Å². The van der Waals surface area contributed by atoms with Crippen molar-refractivity contribution in [1.29, 1.82) is 0 Å². The van der Waals surface area contributed by atoms with Crippen LogP contribution < -0.4 is 0 Å². The van der Waals surface area contributed by atoms with E-state index in [1.807, 2.05) is 0 Å². The van der Waals surface area contributed by atoms with Gasteiger partial charge in [0.05, 0.1) is 10.0 Å². The van der Waals surface area contributed by atoms with E-state index in [2.05, 4.69) is 18.9 Å². The molecule has 1 saturated carbocycles.